The smallest absolute Gasteiger partial charge is 0.0872 e. The van der Waals surface area contributed by atoms with Crippen LogP contribution >= 0.6 is 22.6 Å². The Balaban J connectivity index is 3.01. The van der Waals surface area contributed by atoms with Gasteiger partial charge in [-0.1, -0.05) is 30.5 Å². The maximum Gasteiger partial charge on any atom is 0.149 e. The lowest BCUT2D eigenvalue weighted by atomic mass is 9.74. The molecule has 0 saturated heterocycles. The molecule has 0 aliphatic heterocycles. The summed E-state index contributed by atoms with van der Waals surface area (Å²) in [5, 5.41) is 0. The van der Waals surface area contributed by atoms with Crippen molar-refractivity contribution in [3.05, 3.63) is 27.8 Å². The second-order valence-corrected chi connectivity index (χ2v) is 2.97. The van der Waals surface area contributed by atoms with Gasteiger partial charge in [-0.2, -0.15) is 0 Å². The Hall–Kier alpha value is 0.0149. The van der Waals surface area contributed by atoms with Crippen molar-refractivity contribution in [3.63, 3.8) is 0 Å². The quantitative estimate of drug-likeness (QED) is 0.507. The molecule has 0 aliphatic rings. The summed E-state index contributed by atoms with van der Waals surface area (Å²) in [5.41, 5.74) is 1.32. The molecular weight excluding hydrogens is 222 g/mol. The van der Waals surface area contributed by atoms with Crippen LogP contribution in [0.25, 0.3) is 0 Å². The first-order chi connectivity index (χ1) is 4.34. The Labute approximate surface area is 70.0 Å². The zero-order valence-corrected chi connectivity index (χ0v) is 7.42. The van der Waals surface area contributed by atoms with Crippen molar-refractivity contribution >= 4 is 35.3 Å². The molecule has 1 aromatic carbocycles. The van der Waals surface area contributed by atoms with Crippen LogP contribution in [0, 0.1) is 3.57 Å². The molecule has 0 aromatic heterocycles. The van der Waals surface area contributed by atoms with E-state index in [0.717, 1.165) is 0 Å². The van der Waals surface area contributed by atoms with E-state index in [0.29, 0.717) is 0 Å². The molecule has 1 aromatic rings. The van der Waals surface area contributed by atoms with E-state index in [1.807, 2.05) is 0 Å². The fourth-order valence-corrected chi connectivity index (χ4v) is 1.41. The second-order valence-electron chi connectivity index (χ2n) is 1.81. The van der Waals surface area contributed by atoms with Gasteiger partial charge in [0.2, 0.25) is 0 Å². The molecule has 0 heterocycles. The average Bonchev–Trinajstić information content (AvgIpc) is 1.89. The zero-order valence-electron chi connectivity index (χ0n) is 5.26. The third-order valence-corrected chi connectivity index (χ3v) is 2.20. The van der Waals surface area contributed by atoms with Crippen molar-refractivity contribution in [3.8, 4) is 0 Å². The summed E-state index contributed by atoms with van der Waals surface area (Å²) in [7, 11) is 2.11. The Morgan fingerprint density at radius 1 is 1.33 bits per heavy atom. The Morgan fingerprint density at radius 3 is 2.44 bits per heavy atom. The maximum absolute atomic E-state index is 2.33. The summed E-state index contributed by atoms with van der Waals surface area (Å²) >= 11 is 2.33. The van der Waals surface area contributed by atoms with Gasteiger partial charge in [0.25, 0.3) is 0 Å². The summed E-state index contributed by atoms with van der Waals surface area (Å²) in [5.74, 6) is 0. The number of rotatable bonds is 1. The van der Waals surface area contributed by atoms with E-state index in [1.54, 1.807) is 0 Å². The molecule has 0 aliphatic carbocycles. The molecule has 0 unspecified atom stereocenters. The highest BCUT2D eigenvalue weighted by atomic mass is 127. The van der Waals surface area contributed by atoms with Crippen molar-refractivity contribution in [1.82, 2.24) is 0 Å². The van der Waals surface area contributed by atoms with Gasteiger partial charge in [-0.05, 0) is 28.7 Å². The van der Waals surface area contributed by atoms with Crippen molar-refractivity contribution in [2.45, 2.75) is 6.82 Å². The first-order valence-corrected chi connectivity index (χ1v) is 3.96. The van der Waals surface area contributed by atoms with Crippen molar-refractivity contribution in [2.24, 2.45) is 0 Å². The molecule has 1 rings (SSSR count). The van der Waals surface area contributed by atoms with Gasteiger partial charge in [0.15, 0.2) is 0 Å². The zero-order chi connectivity index (χ0) is 6.69. The molecule has 1 radical (unpaired) electrons. The number of benzene rings is 1. The van der Waals surface area contributed by atoms with E-state index >= 15 is 0 Å². The van der Waals surface area contributed by atoms with E-state index in [4.69, 9.17) is 0 Å². The molecule has 0 spiro atoms. The summed E-state index contributed by atoms with van der Waals surface area (Å²) < 4.78 is 1.32. The standard InChI is InChI=1S/C7H7BI/c1-8-6-4-2-3-5-7(6)9/h2-5H,1H3. The van der Waals surface area contributed by atoms with Gasteiger partial charge >= 0.3 is 0 Å². The first kappa shape index (κ1) is 7.13. The number of halogens is 1. The minimum absolute atomic E-state index is 1.32. The predicted octanol–water partition coefficient (Wildman–Crippen LogP) is 1.67. The average molecular weight is 229 g/mol. The van der Waals surface area contributed by atoms with Crippen LogP contribution in [0.1, 0.15) is 0 Å². The molecule has 0 saturated carbocycles. The van der Waals surface area contributed by atoms with Gasteiger partial charge in [-0.3, -0.25) is 0 Å². The van der Waals surface area contributed by atoms with Crippen LogP contribution in [0.15, 0.2) is 24.3 Å². The first-order valence-electron chi connectivity index (χ1n) is 2.88. The van der Waals surface area contributed by atoms with E-state index in [1.165, 1.54) is 9.03 Å². The van der Waals surface area contributed by atoms with Gasteiger partial charge in [0.1, 0.15) is 7.28 Å². The lowest BCUT2D eigenvalue weighted by Gasteiger charge is -1.96. The second kappa shape index (κ2) is 3.25. The third-order valence-electron chi connectivity index (χ3n) is 1.22. The topological polar surface area (TPSA) is 0 Å². The molecule has 9 heavy (non-hydrogen) atoms. The highest BCUT2D eigenvalue weighted by Gasteiger charge is 1.92. The largest absolute Gasteiger partial charge is 0.149 e. The van der Waals surface area contributed by atoms with Crippen LogP contribution in [0.3, 0.4) is 0 Å². The van der Waals surface area contributed by atoms with Gasteiger partial charge in [0.05, 0.1) is 0 Å². The molecule has 2 heteroatoms. The fraction of sp³-hybridized carbons (Fsp3) is 0.143. The molecule has 0 nitrogen and oxygen atoms in total. The van der Waals surface area contributed by atoms with E-state index in [2.05, 4.69) is 61.0 Å². The summed E-state index contributed by atoms with van der Waals surface area (Å²) in [6.45, 7) is 2.05. The van der Waals surface area contributed by atoms with Crippen LogP contribution in [0.2, 0.25) is 6.82 Å². The van der Waals surface area contributed by atoms with Gasteiger partial charge in [0, 0.05) is 3.57 Å². The molecule has 45 valence electrons. The summed E-state index contributed by atoms with van der Waals surface area (Å²) in [4.78, 5) is 0. The normalized spacial score (nSPS) is 9.11. The van der Waals surface area contributed by atoms with E-state index < -0.39 is 0 Å². The Morgan fingerprint density at radius 2 is 2.00 bits per heavy atom. The van der Waals surface area contributed by atoms with Crippen molar-refractivity contribution in [1.29, 1.82) is 0 Å². The van der Waals surface area contributed by atoms with Crippen LogP contribution < -0.4 is 5.46 Å². The maximum atomic E-state index is 2.33. The van der Waals surface area contributed by atoms with Crippen LogP contribution in [-0.2, 0) is 0 Å². The van der Waals surface area contributed by atoms with Crippen LogP contribution in [-0.4, -0.2) is 7.28 Å². The summed E-state index contributed by atoms with van der Waals surface area (Å²) in [6, 6.07) is 8.32. The molecule has 0 amide bonds. The van der Waals surface area contributed by atoms with Crippen molar-refractivity contribution < 1.29 is 0 Å². The molecular formula is C7H7BI. The fourth-order valence-electron chi connectivity index (χ4n) is 0.709. The number of hydrogen-bond donors (Lipinski definition) is 0. The third kappa shape index (κ3) is 1.71. The minimum atomic E-state index is 1.32. The minimum Gasteiger partial charge on any atom is -0.0872 e. The molecule has 0 atom stereocenters. The molecule has 0 fully saturated rings. The van der Waals surface area contributed by atoms with E-state index in [-0.39, 0.29) is 0 Å². The SMILES string of the molecule is C[B]c1ccccc1I. The Kier molecular flexibility index (Phi) is 2.57. The lowest BCUT2D eigenvalue weighted by molar-refractivity contribution is 1.70. The lowest BCUT2D eigenvalue weighted by Crippen LogP contribution is -2.13. The Bertz CT molecular complexity index is 198. The molecule has 0 bridgehead atoms. The summed E-state index contributed by atoms with van der Waals surface area (Å²) in [6.07, 6.45) is 0. The molecule has 0 N–H and O–H groups in total. The highest BCUT2D eigenvalue weighted by molar-refractivity contribution is 14.1. The predicted molar refractivity (Wildman–Crippen MR) is 50.4 cm³/mol. The van der Waals surface area contributed by atoms with Gasteiger partial charge < -0.3 is 0 Å². The van der Waals surface area contributed by atoms with Crippen LogP contribution in [0.4, 0.5) is 0 Å². The van der Waals surface area contributed by atoms with Crippen molar-refractivity contribution in [2.75, 3.05) is 0 Å². The van der Waals surface area contributed by atoms with Crippen LogP contribution in [0.5, 0.6) is 0 Å². The van der Waals surface area contributed by atoms with E-state index in [9.17, 15) is 0 Å². The number of hydrogen-bond acceptors (Lipinski definition) is 0. The highest BCUT2D eigenvalue weighted by Crippen LogP contribution is 1.98. The monoisotopic (exact) mass is 229 g/mol. The van der Waals surface area contributed by atoms with Gasteiger partial charge in [-0.15, -0.1) is 0 Å². The van der Waals surface area contributed by atoms with Gasteiger partial charge in [-0.25, -0.2) is 0 Å².